The zero-order chi connectivity index (χ0) is 31.8. The number of amides is 3. The van der Waals surface area contributed by atoms with Gasteiger partial charge in [-0.05, 0) is 74.9 Å². The van der Waals surface area contributed by atoms with Gasteiger partial charge >= 0.3 is 4.87 Å². The van der Waals surface area contributed by atoms with Crippen LogP contribution in [-0.4, -0.2) is 47.7 Å². The van der Waals surface area contributed by atoms with Crippen LogP contribution in [0.25, 0.3) is 0 Å². The van der Waals surface area contributed by atoms with E-state index < -0.39 is 17.1 Å². The molecule has 3 unspecified atom stereocenters. The quantitative estimate of drug-likeness (QED) is 0.241. The lowest BCUT2D eigenvalue weighted by Crippen LogP contribution is -2.33. The fraction of sp³-hybridized carbons (Fsp3) is 0.294. The molecule has 11 heteroatoms. The molecule has 3 heterocycles. The number of hydrogen-bond donors (Lipinski definition) is 1. The molecule has 1 N–H and O–H groups in total. The van der Waals surface area contributed by atoms with Crippen LogP contribution in [0.3, 0.4) is 0 Å². The summed E-state index contributed by atoms with van der Waals surface area (Å²) >= 11 is 2.25. The largest absolute Gasteiger partial charge is 0.497 e. The standard InChI is InChI=1S/C34H34N4O5S2/c1-5-36(6-2)23-15-9-21(10-16-23)27-28-29(32(41)38(31(28)40)24-13-7-20(3)8-14-24)44-33-30(27)45-34(42)37(33)19-26(39)35-22-11-17-25(43-4)18-12-22/h7-18,27-29H,5-6,19H2,1-4H3,(H,35,39). The molecule has 45 heavy (non-hydrogen) atoms. The average molecular weight is 643 g/mol. The van der Waals surface area contributed by atoms with Crippen LogP contribution in [0.5, 0.6) is 5.75 Å². The van der Waals surface area contributed by atoms with Gasteiger partial charge in [0.25, 0.3) is 0 Å². The number of benzene rings is 3. The van der Waals surface area contributed by atoms with Crippen molar-refractivity contribution in [1.82, 2.24) is 4.57 Å². The number of aromatic nitrogens is 1. The fourth-order valence-electron chi connectivity index (χ4n) is 6.06. The lowest BCUT2D eigenvalue weighted by Gasteiger charge is -2.31. The number of nitrogens with one attached hydrogen (secondary N) is 1. The predicted octanol–water partition coefficient (Wildman–Crippen LogP) is 5.51. The molecule has 1 saturated heterocycles. The molecule has 6 rings (SSSR count). The maximum atomic E-state index is 14.1. The van der Waals surface area contributed by atoms with Crippen molar-refractivity contribution >= 4 is 57.9 Å². The smallest absolute Gasteiger partial charge is 0.308 e. The van der Waals surface area contributed by atoms with Crippen LogP contribution in [0, 0.1) is 12.8 Å². The number of nitrogens with zero attached hydrogens (tertiary/aromatic N) is 3. The Kier molecular flexibility index (Phi) is 8.56. The number of rotatable bonds is 9. The highest BCUT2D eigenvalue weighted by Crippen LogP contribution is 2.54. The Bertz CT molecular complexity index is 1790. The molecule has 3 atom stereocenters. The first-order valence-electron chi connectivity index (χ1n) is 14.9. The molecule has 1 aromatic heterocycles. The van der Waals surface area contributed by atoms with Gasteiger partial charge in [0.1, 0.15) is 17.5 Å². The Hall–Kier alpha value is -4.35. The van der Waals surface area contributed by atoms with E-state index in [0.29, 0.717) is 27.0 Å². The Morgan fingerprint density at radius 1 is 0.911 bits per heavy atom. The molecule has 2 aliphatic heterocycles. The van der Waals surface area contributed by atoms with Crippen molar-refractivity contribution in [3.63, 3.8) is 0 Å². The number of ether oxygens (including phenoxy) is 1. The highest BCUT2D eigenvalue weighted by Gasteiger charge is 2.56. The van der Waals surface area contributed by atoms with Gasteiger partial charge in [-0.2, -0.15) is 0 Å². The van der Waals surface area contributed by atoms with E-state index in [0.717, 1.165) is 41.2 Å². The number of methoxy groups -OCH3 is 1. The molecular formula is C34H34N4O5S2. The molecule has 1 fully saturated rings. The molecule has 3 aromatic carbocycles. The normalized spacial score (nSPS) is 18.8. The van der Waals surface area contributed by atoms with Gasteiger partial charge in [-0.15, -0.1) is 0 Å². The number of fused-ring (bicyclic) bond motifs is 2. The second-order valence-corrected chi connectivity index (χ2v) is 13.2. The van der Waals surface area contributed by atoms with Gasteiger partial charge in [0.2, 0.25) is 17.7 Å². The molecule has 9 nitrogen and oxygen atoms in total. The molecule has 0 aliphatic carbocycles. The van der Waals surface area contributed by atoms with E-state index in [1.807, 2.05) is 43.3 Å². The third-order valence-corrected chi connectivity index (χ3v) is 11.0. The number of thioether (sulfide) groups is 1. The Morgan fingerprint density at radius 2 is 1.58 bits per heavy atom. The molecule has 0 spiro atoms. The maximum Gasteiger partial charge on any atom is 0.308 e. The summed E-state index contributed by atoms with van der Waals surface area (Å²) in [5.41, 5.74) is 4.03. The van der Waals surface area contributed by atoms with Crippen LogP contribution in [0.15, 0.2) is 82.6 Å². The van der Waals surface area contributed by atoms with E-state index >= 15 is 0 Å². The first kappa shape index (κ1) is 30.7. The number of aryl methyl sites for hydroxylation is 1. The molecule has 232 valence electrons. The van der Waals surface area contributed by atoms with E-state index in [1.165, 1.54) is 21.2 Å². The summed E-state index contributed by atoms with van der Waals surface area (Å²) in [4.78, 5) is 58.6. The molecule has 3 amide bonds. The van der Waals surface area contributed by atoms with Crippen molar-refractivity contribution in [2.75, 3.05) is 35.3 Å². The van der Waals surface area contributed by atoms with Crippen molar-refractivity contribution in [3.8, 4) is 5.75 Å². The summed E-state index contributed by atoms with van der Waals surface area (Å²) in [6.07, 6.45) is 0. The van der Waals surface area contributed by atoms with E-state index in [4.69, 9.17) is 4.74 Å². The molecule has 0 saturated carbocycles. The van der Waals surface area contributed by atoms with Gasteiger partial charge in [-0.3, -0.25) is 23.7 Å². The van der Waals surface area contributed by atoms with Crippen molar-refractivity contribution in [3.05, 3.63) is 98.5 Å². The van der Waals surface area contributed by atoms with E-state index in [-0.39, 0.29) is 29.1 Å². The molecular weight excluding hydrogens is 609 g/mol. The Morgan fingerprint density at radius 3 is 2.20 bits per heavy atom. The zero-order valence-corrected chi connectivity index (χ0v) is 27.1. The molecule has 0 bridgehead atoms. The number of carbonyl (C=O) groups is 3. The first-order valence-corrected chi connectivity index (χ1v) is 16.6. The van der Waals surface area contributed by atoms with Crippen molar-refractivity contribution in [2.45, 2.75) is 43.5 Å². The predicted molar refractivity (Wildman–Crippen MR) is 179 cm³/mol. The molecule has 2 aliphatic rings. The van der Waals surface area contributed by atoms with Crippen LogP contribution in [0.4, 0.5) is 17.1 Å². The molecule has 4 aromatic rings. The van der Waals surface area contributed by atoms with Crippen molar-refractivity contribution in [1.29, 1.82) is 0 Å². The SMILES string of the molecule is CCN(CC)c1ccc(C2c3sc(=O)n(CC(=O)Nc4ccc(OC)cc4)c3SC3C(=O)N(c4ccc(C)cc4)C(=O)C32)cc1. The summed E-state index contributed by atoms with van der Waals surface area (Å²) in [6, 6.07) is 22.3. The second kappa shape index (κ2) is 12.6. The topological polar surface area (TPSA) is 101 Å². The number of hydrogen-bond acceptors (Lipinski definition) is 8. The van der Waals surface area contributed by atoms with Gasteiger partial charge in [-0.1, -0.05) is 52.9 Å². The summed E-state index contributed by atoms with van der Waals surface area (Å²) < 4.78 is 6.62. The number of imide groups is 1. The average Bonchev–Trinajstić information content (AvgIpc) is 3.49. The minimum atomic E-state index is -0.747. The van der Waals surface area contributed by atoms with Crippen molar-refractivity contribution in [2.24, 2.45) is 5.92 Å². The van der Waals surface area contributed by atoms with Crippen LogP contribution in [-0.2, 0) is 20.9 Å². The van der Waals surface area contributed by atoms with Crippen LogP contribution < -0.4 is 24.7 Å². The summed E-state index contributed by atoms with van der Waals surface area (Å²) in [7, 11) is 1.57. The van der Waals surface area contributed by atoms with Crippen LogP contribution >= 0.6 is 23.1 Å². The van der Waals surface area contributed by atoms with Gasteiger partial charge in [0.05, 0.1) is 23.7 Å². The number of carbonyl (C=O) groups excluding carboxylic acids is 3. The van der Waals surface area contributed by atoms with Crippen LogP contribution in [0.1, 0.15) is 35.8 Å². The lowest BCUT2D eigenvalue weighted by molar-refractivity contribution is -0.122. The van der Waals surface area contributed by atoms with Gasteiger partial charge in [-0.25, -0.2) is 4.90 Å². The van der Waals surface area contributed by atoms with Gasteiger partial charge in [0.15, 0.2) is 0 Å². The third-order valence-electron chi connectivity index (χ3n) is 8.40. The zero-order valence-electron chi connectivity index (χ0n) is 25.5. The lowest BCUT2D eigenvalue weighted by atomic mass is 9.83. The summed E-state index contributed by atoms with van der Waals surface area (Å²) in [5, 5.41) is 2.65. The first-order chi connectivity index (χ1) is 21.7. The minimum Gasteiger partial charge on any atom is -0.497 e. The fourth-order valence-corrected chi connectivity index (χ4v) is 8.84. The highest BCUT2D eigenvalue weighted by atomic mass is 32.2. The minimum absolute atomic E-state index is 0.224. The summed E-state index contributed by atoms with van der Waals surface area (Å²) in [6.45, 7) is 7.63. The highest BCUT2D eigenvalue weighted by molar-refractivity contribution is 8.00. The monoisotopic (exact) mass is 642 g/mol. The van der Waals surface area contributed by atoms with E-state index in [2.05, 4.69) is 24.1 Å². The van der Waals surface area contributed by atoms with Crippen molar-refractivity contribution < 1.29 is 19.1 Å². The van der Waals surface area contributed by atoms with E-state index in [1.54, 1.807) is 43.5 Å². The second-order valence-electron chi connectivity index (χ2n) is 11.1. The molecule has 0 radical (unpaired) electrons. The van der Waals surface area contributed by atoms with Crippen LogP contribution in [0.2, 0.25) is 0 Å². The number of anilines is 3. The van der Waals surface area contributed by atoms with Gasteiger partial charge < -0.3 is 15.0 Å². The van der Waals surface area contributed by atoms with E-state index in [9.17, 15) is 19.2 Å². The van der Waals surface area contributed by atoms with Gasteiger partial charge in [0, 0.05) is 35.3 Å². The number of thiazole rings is 1. The summed E-state index contributed by atoms with van der Waals surface area (Å²) in [5.74, 6) is -1.53. The Labute approximate surface area is 269 Å². The third kappa shape index (κ3) is 5.66. The maximum absolute atomic E-state index is 14.1. The Balaban J connectivity index is 1.39.